The van der Waals surface area contributed by atoms with E-state index in [1.807, 2.05) is 73.2 Å². The fourth-order valence-electron chi connectivity index (χ4n) is 4.31. The van der Waals surface area contributed by atoms with Gasteiger partial charge >= 0.3 is 0 Å². The first kappa shape index (κ1) is 23.0. The van der Waals surface area contributed by atoms with Crippen LogP contribution >= 0.6 is 11.6 Å². The average Bonchev–Trinajstić information content (AvgIpc) is 3.32. The highest BCUT2D eigenvalue weighted by Gasteiger charge is 2.24. The number of amides is 1. The molecule has 0 saturated heterocycles. The summed E-state index contributed by atoms with van der Waals surface area (Å²) in [5, 5.41) is 3.76. The number of fused-ring (bicyclic) bond motifs is 1. The van der Waals surface area contributed by atoms with Gasteiger partial charge in [-0.2, -0.15) is 0 Å². The summed E-state index contributed by atoms with van der Waals surface area (Å²) in [6, 6.07) is 23.7. The lowest BCUT2D eigenvalue weighted by Gasteiger charge is -2.32. The highest BCUT2D eigenvalue weighted by atomic mass is 35.5. The maximum Gasteiger partial charge on any atom is 0.255 e. The lowest BCUT2D eigenvalue weighted by Crippen LogP contribution is -2.34. The molecule has 35 heavy (non-hydrogen) atoms. The van der Waals surface area contributed by atoms with Crippen LogP contribution in [0, 0.1) is 0 Å². The molecule has 0 aliphatic carbocycles. The van der Waals surface area contributed by atoms with Gasteiger partial charge in [0.15, 0.2) is 5.75 Å². The van der Waals surface area contributed by atoms with Crippen molar-refractivity contribution in [3.63, 3.8) is 0 Å². The van der Waals surface area contributed by atoms with Crippen molar-refractivity contribution in [2.75, 3.05) is 24.6 Å². The highest BCUT2D eigenvalue weighted by molar-refractivity contribution is 6.30. The monoisotopic (exact) mass is 486 g/mol. The predicted molar refractivity (Wildman–Crippen MR) is 138 cm³/mol. The molecule has 178 valence electrons. The highest BCUT2D eigenvalue weighted by Crippen LogP contribution is 2.35. The second kappa shape index (κ2) is 10.7. The number of carbonyl (C=O) groups is 1. The Balaban J connectivity index is 1.28. The fourth-order valence-corrected chi connectivity index (χ4v) is 4.44. The van der Waals surface area contributed by atoms with E-state index in [0.29, 0.717) is 37.6 Å². The third-order valence-electron chi connectivity index (χ3n) is 6.15. The third-order valence-corrected chi connectivity index (χ3v) is 6.40. The number of anilines is 1. The van der Waals surface area contributed by atoms with Gasteiger partial charge in [0, 0.05) is 24.3 Å². The van der Waals surface area contributed by atoms with E-state index >= 15 is 0 Å². The molecule has 4 aromatic rings. The SMILES string of the molecule is O=C(NCCc1ccccc1)c1cccc2c1OCCN2Cc1cncn1Cc1ccc(Cl)cc1. The van der Waals surface area contributed by atoms with Gasteiger partial charge in [0.1, 0.15) is 6.61 Å². The molecule has 3 aromatic carbocycles. The molecule has 1 aliphatic heterocycles. The number of aromatic nitrogens is 2. The van der Waals surface area contributed by atoms with Gasteiger partial charge in [-0.25, -0.2) is 4.98 Å². The minimum atomic E-state index is -0.118. The Kier molecular flexibility index (Phi) is 7.00. The number of para-hydroxylation sites is 1. The summed E-state index contributed by atoms with van der Waals surface area (Å²) in [6.07, 6.45) is 4.53. The summed E-state index contributed by atoms with van der Waals surface area (Å²) in [6.45, 7) is 3.21. The van der Waals surface area contributed by atoms with Crippen molar-refractivity contribution in [1.29, 1.82) is 0 Å². The molecule has 0 fully saturated rings. The van der Waals surface area contributed by atoms with Gasteiger partial charge in [0.25, 0.3) is 5.91 Å². The number of nitrogens with one attached hydrogen (secondary N) is 1. The van der Waals surface area contributed by atoms with E-state index in [2.05, 4.69) is 31.9 Å². The van der Waals surface area contributed by atoms with Crippen LogP contribution in [0.3, 0.4) is 0 Å². The first-order valence-corrected chi connectivity index (χ1v) is 12.1. The van der Waals surface area contributed by atoms with E-state index in [9.17, 15) is 4.79 Å². The molecule has 1 aliphatic rings. The number of halogens is 1. The molecule has 7 heteroatoms. The van der Waals surface area contributed by atoms with Crippen LogP contribution in [-0.2, 0) is 19.5 Å². The topological polar surface area (TPSA) is 59.4 Å². The standard InChI is InChI=1S/C28H27ClN4O2/c29-23-11-9-22(10-12-23)18-33-20-30-17-24(33)19-32-15-16-35-27-25(7-4-8-26(27)32)28(34)31-14-13-21-5-2-1-3-6-21/h1-12,17,20H,13-16,18-19H2,(H,31,34). The molecule has 0 spiro atoms. The molecule has 1 amide bonds. The lowest BCUT2D eigenvalue weighted by molar-refractivity contribution is 0.0949. The van der Waals surface area contributed by atoms with Gasteiger partial charge in [-0.05, 0) is 41.8 Å². The zero-order valence-electron chi connectivity index (χ0n) is 19.4. The summed E-state index contributed by atoms with van der Waals surface area (Å²) in [4.78, 5) is 19.6. The molecule has 0 unspecified atom stereocenters. The molecule has 0 bridgehead atoms. The molecule has 2 heterocycles. The minimum absolute atomic E-state index is 0.118. The van der Waals surface area contributed by atoms with Crippen molar-refractivity contribution >= 4 is 23.2 Å². The van der Waals surface area contributed by atoms with Crippen LogP contribution in [0.5, 0.6) is 5.75 Å². The number of benzene rings is 3. The normalized spacial score (nSPS) is 12.7. The third kappa shape index (κ3) is 5.49. The van der Waals surface area contributed by atoms with Crippen molar-refractivity contribution in [2.45, 2.75) is 19.5 Å². The Morgan fingerprint density at radius 1 is 0.971 bits per heavy atom. The molecule has 1 N–H and O–H groups in total. The summed E-state index contributed by atoms with van der Waals surface area (Å²) in [7, 11) is 0. The number of carbonyl (C=O) groups excluding carboxylic acids is 1. The largest absolute Gasteiger partial charge is 0.489 e. The van der Waals surface area contributed by atoms with Gasteiger partial charge in [0.05, 0.1) is 36.4 Å². The zero-order chi connectivity index (χ0) is 24.0. The van der Waals surface area contributed by atoms with Gasteiger partial charge in [-0.3, -0.25) is 4.79 Å². The van der Waals surface area contributed by atoms with E-state index < -0.39 is 0 Å². The van der Waals surface area contributed by atoms with Crippen LogP contribution in [0.4, 0.5) is 5.69 Å². The quantitative estimate of drug-likeness (QED) is 0.382. The number of rotatable bonds is 8. The van der Waals surface area contributed by atoms with Crippen LogP contribution in [0.15, 0.2) is 85.3 Å². The second-order valence-corrected chi connectivity index (χ2v) is 8.99. The minimum Gasteiger partial charge on any atom is -0.489 e. The first-order chi connectivity index (χ1) is 17.2. The maximum absolute atomic E-state index is 13.0. The molecule has 0 saturated carbocycles. The van der Waals surface area contributed by atoms with E-state index in [4.69, 9.17) is 16.3 Å². The fraction of sp³-hybridized carbons (Fsp3) is 0.214. The number of hydrogen-bond donors (Lipinski definition) is 1. The Morgan fingerprint density at radius 3 is 2.63 bits per heavy atom. The van der Waals surface area contributed by atoms with Crippen molar-refractivity contribution in [2.24, 2.45) is 0 Å². The molecule has 6 nitrogen and oxygen atoms in total. The van der Waals surface area contributed by atoms with Gasteiger partial charge in [-0.15, -0.1) is 0 Å². The van der Waals surface area contributed by atoms with Crippen LogP contribution < -0.4 is 15.0 Å². The van der Waals surface area contributed by atoms with E-state index in [1.165, 1.54) is 5.56 Å². The summed E-state index contributed by atoms with van der Waals surface area (Å²) < 4.78 is 8.13. The average molecular weight is 487 g/mol. The van der Waals surface area contributed by atoms with E-state index in [1.54, 1.807) is 0 Å². The summed E-state index contributed by atoms with van der Waals surface area (Å²) in [5.41, 5.74) is 4.93. The smallest absolute Gasteiger partial charge is 0.255 e. The molecule has 1 aromatic heterocycles. The molecular weight excluding hydrogens is 460 g/mol. The molecule has 5 rings (SSSR count). The Labute approximate surface area is 210 Å². The predicted octanol–water partition coefficient (Wildman–Crippen LogP) is 4.96. The maximum atomic E-state index is 13.0. The second-order valence-electron chi connectivity index (χ2n) is 8.55. The van der Waals surface area contributed by atoms with Gasteiger partial charge in [-0.1, -0.05) is 60.1 Å². The van der Waals surface area contributed by atoms with Gasteiger partial charge in [0.2, 0.25) is 0 Å². The van der Waals surface area contributed by atoms with Crippen molar-refractivity contribution < 1.29 is 9.53 Å². The zero-order valence-corrected chi connectivity index (χ0v) is 20.1. The number of ether oxygens (including phenoxy) is 1. The number of nitrogens with zero attached hydrogens (tertiary/aromatic N) is 3. The van der Waals surface area contributed by atoms with Crippen LogP contribution in [0.1, 0.15) is 27.2 Å². The Morgan fingerprint density at radius 2 is 1.80 bits per heavy atom. The summed E-state index contributed by atoms with van der Waals surface area (Å²) >= 11 is 6.03. The lowest BCUT2D eigenvalue weighted by atomic mass is 10.1. The molecular formula is C28H27ClN4O2. The Hall–Kier alpha value is -3.77. The van der Waals surface area contributed by atoms with E-state index in [0.717, 1.165) is 34.9 Å². The Bertz CT molecular complexity index is 1290. The van der Waals surface area contributed by atoms with Crippen molar-refractivity contribution in [1.82, 2.24) is 14.9 Å². The van der Waals surface area contributed by atoms with Crippen molar-refractivity contribution in [3.8, 4) is 5.75 Å². The molecule has 0 atom stereocenters. The number of hydrogen-bond acceptors (Lipinski definition) is 4. The van der Waals surface area contributed by atoms with Gasteiger partial charge < -0.3 is 19.5 Å². The summed E-state index contributed by atoms with van der Waals surface area (Å²) in [5.74, 6) is 0.520. The van der Waals surface area contributed by atoms with Crippen molar-refractivity contribution in [3.05, 3.63) is 113 Å². The first-order valence-electron chi connectivity index (χ1n) is 11.7. The van der Waals surface area contributed by atoms with Crippen LogP contribution in [0.2, 0.25) is 5.02 Å². The van der Waals surface area contributed by atoms with E-state index in [-0.39, 0.29) is 5.91 Å². The van der Waals surface area contributed by atoms with Crippen LogP contribution in [0.25, 0.3) is 0 Å². The van der Waals surface area contributed by atoms with Crippen LogP contribution in [-0.4, -0.2) is 35.2 Å². The molecule has 0 radical (unpaired) electrons. The number of imidazole rings is 1.